The van der Waals surface area contributed by atoms with Crippen LogP contribution in [0.5, 0.6) is 0 Å². The van der Waals surface area contributed by atoms with E-state index in [-0.39, 0.29) is 24.6 Å². The van der Waals surface area contributed by atoms with Crippen LogP contribution in [0.3, 0.4) is 0 Å². The summed E-state index contributed by atoms with van der Waals surface area (Å²) in [6, 6.07) is 21.8. The van der Waals surface area contributed by atoms with Gasteiger partial charge in [-0.1, -0.05) is 42.5 Å². The van der Waals surface area contributed by atoms with Gasteiger partial charge in [-0.05, 0) is 30.3 Å². The molecule has 0 saturated carbocycles. The van der Waals surface area contributed by atoms with Gasteiger partial charge < -0.3 is 5.32 Å². The Morgan fingerprint density at radius 3 is 2.36 bits per heavy atom. The van der Waals surface area contributed by atoms with Gasteiger partial charge in [0.15, 0.2) is 0 Å². The molecular formula is C22H18N4O2. The standard InChI is InChI=1S/C22H18N4O2/c27-21(16-8-2-1-3-9-16)24-14-20-18-11-4-5-12-19(18)22(28)26(25-20)15-17-10-6-7-13-23-17/h1-13H,14-15H2,(H,24,27). The SMILES string of the molecule is O=C(NCc1nn(Cc2ccccn2)c(=O)c2ccccc12)c1ccccc1. The monoisotopic (exact) mass is 370 g/mol. The van der Waals surface area contributed by atoms with Crippen molar-refractivity contribution in [1.82, 2.24) is 20.1 Å². The maximum absolute atomic E-state index is 12.8. The van der Waals surface area contributed by atoms with Gasteiger partial charge in [0.1, 0.15) is 0 Å². The average molecular weight is 370 g/mol. The van der Waals surface area contributed by atoms with Crippen LogP contribution in [0.1, 0.15) is 21.7 Å². The van der Waals surface area contributed by atoms with Gasteiger partial charge in [0.2, 0.25) is 0 Å². The summed E-state index contributed by atoms with van der Waals surface area (Å²) in [6.45, 7) is 0.487. The molecule has 138 valence electrons. The summed E-state index contributed by atoms with van der Waals surface area (Å²) in [5.41, 5.74) is 1.77. The Balaban J connectivity index is 1.68. The summed E-state index contributed by atoms with van der Waals surface area (Å²) in [6.07, 6.45) is 1.68. The van der Waals surface area contributed by atoms with E-state index in [1.54, 1.807) is 24.4 Å². The van der Waals surface area contributed by atoms with Crippen LogP contribution in [0, 0.1) is 0 Å². The van der Waals surface area contributed by atoms with Crippen LogP contribution in [0.15, 0.2) is 83.8 Å². The van der Waals surface area contributed by atoms with Crippen LogP contribution in [-0.2, 0) is 13.1 Å². The number of rotatable bonds is 5. The maximum atomic E-state index is 12.8. The first kappa shape index (κ1) is 17.6. The Hall–Kier alpha value is -3.80. The van der Waals surface area contributed by atoms with Crippen LogP contribution in [0.4, 0.5) is 0 Å². The number of benzene rings is 2. The minimum atomic E-state index is -0.186. The Labute approximate surface area is 161 Å². The van der Waals surface area contributed by atoms with E-state index < -0.39 is 0 Å². The fraction of sp³-hybridized carbons (Fsp3) is 0.0909. The quantitative estimate of drug-likeness (QED) is 0.586. The first-order valence-corrected chi connectivity index (χ1v) is 8.94. The van der Waals surface area contributed by atoms with E-state index in [1.807, 2.05) is 54.6 Å². The molecule has 0 unspecified atom stereocenters. The highest BCUT2D eigenvalue weighted by atomic mass is 16.1. The van der Waals surface area contributed by atoms with Crippen molar-refractivity contribution >= 4 is 16.7 Å². The summed E-state index contributed by atoms with van der Waals surface area (Å²) in [4.78, 5) is 29.5. The Morgan fingerprint density at radius 1 is 0.893 bits per heavy atom. The van der Waals surface area contributed by atoms with E-state index in [0.717, 1.165) is 11.1 Å². The van der Waals surface area contributed by atoms with E-state index >= 15 is 0 Å². The summed E-state index contributed by atoms with van der Waals surface area (Å²) < 4.78 is 1.40. The Kier molecular flexibility index (Phi) is 4.93. The molecule has 0 radical (unpaired) electrons. The van der Waals surface area contributed by atoms with Crippen molar-refractivity contribution in [3.05, 3.63) is 106 Å². The number of fused-ring (bicyclic) bond motifs is 1. The maximum Gasteiger partial charge on any atom is 0.275 e. The van der Waals surface area contributed by atoms with Crippen molar-refractivity contribution in [3.63, 3.8) is 0 Å². The molecule has 1 N–H and O–H groups in total. The smallest absolute Gasteiger partial charge is 0.275 e. The van der Waals surface area contributed by atoms with Gasteiger partial charge in [-0.25, -0.2) is 4.68 Å². The summed E-state index contributed by atoms with van der Waals surface area (Å²) in [5.74, 6) is -0.186. The summed E-state index contributed by atoms with van der Waals surface area (Å²) in [5, 5.41) is 8.70. The van der Waals surface area contributed by atoms with E-state index in [1.165, 1.54) is 4.68 Å². The molecule has 2 aromatic heterocycles. The van der Waals surface area contributed by atoms with Gasteiger partial charge in [-0.3, -0.25) is 14.6 Å². The average Bonchev–Trinajstić information content (AvgIpc) is 2.76. The molecular weight excluding hydrogens is 352 g/mol. The van der Waals surface area contributed by atoms with Crippen molar-refractivity contribution in [2.45, 2.75) is 13.1 Å². The zero-order chi connectivity index (χ0) is 19.3. The van der Waals surface area contributed by atoms with Crippen molar-refractivity contribution < 1.29 is 4.79 Å². The van der Waals surface area contributed by atoms with Crippen molar-refractivity contribution in [1.29, 1.82) is 0 Å². The fourth-order valence-corrected chi connectivity index (χ4v) is 3.04. The number of aromatic nitrogens is 3. The van der Waals surface area contributed by atoms with Crippen LogP contribution in [0.2, 0.25) is 0 Å². The predicted molar refractivity (Wildman–Crippen MR) is 107 cm³/mol. The first-order chi connectivity index (χ1) is 13.7. The molecule has 0 atom stereocenters. The second-order valence-electron chi connectivity index (χ2n) is 6.32. The van der Waals surface area contributed by atoms with Crippen LogP contribution < -0.4 is 10.9 Å². The minimum Gasteiger partial charge on any atom is -0.346 e. The van der Waals surface area contributed by atoms with Gasteiger partial charge in [-0.15, -0.1) is 0 Å². The van der Waals surface area contributed by atoms with Gasteiger partial charge >= 0.3 is 0 Å². The molecule has 4 aromatic rings. The predicted octanol–water partition coefficient (Wildman–Crippen LogP) is 2.77. The normalized spacial score (nSPS) is 10.7. The van der Waals surface area contributed by atoms with E-state index in [9.17, 15) is 9.59 Å². The lowest BCUT2D eigenvalue weighted by Gasteiger charge is -2.12. The number of hydrogen-bond acceptors (Lipinski definition) is 4. The first-order valence-electron chi connectivity index (χ1n) is 8.94. The van der Waals surface area contributed by atoms with Gasteiger partial charge in [0.05, 0.1) is 29.9 Å². The van der Waals surface area contributed by atoms with Crippen LogP contribution in [-0.4, -0.2) is 20.7 Å². The highest BCUT2D eigenvalue weighted by molar-refractivity contribution is 5.94. The van der Waals surface area contributed by atoms with Gasteiger partial charge in [0.25, 0.3) is 11.5 Å². The molecule has 0 aliphatic carbocycles. The van der Waals surface area contributed by atoms with Crippen LogP contribution in [0.25, 0.3) is 10.8 Å². The third-order valence-corrected chi connectivity index (χ3v) is 4.43. The second kappa shape index (κ2) is 7.84. The minimum absolute atomic E-state index is 0.181. The molecule has 6 heteroatoms. The molecule has 0 spiro atoms. The van der Waals surface area contributed by atoms with Gasteiger partial charge in [-0.2, -0.15) is 5.10 Å². The number of hydrogen-bond donors (Lipinski definition) is 1. The Bertz CT molecular complexity index is 1170. The molecule has 0 aliphatic heterocycles. The highest BCUT2D eigenvalue weighted by Crippen LogP contribution is 2.14. The summed E-state index contributed by atoms with van der Waals surface area (Å²) >= 11 is 0. The highest BCUT2D eigenvalue weighted by Gasteiger charge is 2.12. The molecule has 0 saturated heterocycles. The van der Waals surface area contributed by atoms with E-state index in [4.69, 9.17) is 0 Å². The third kappa shape index (κ3) is 3.66. The number of pyridine rings is 1. The number of carbonyl (C=O) groups is 1. The third-order valence-electron chi connectivity index (χ3n) is 4.43. The Morgan fingerprint density at radius 2 is 1.61 bits per heavy atom. The lowest BCUT2D eigenvalue weighted by atomic mass is 10.1. The summed E-state index contributed by atoms with van der Waals surface area (Å²) in [7, 11) is 0. The number of nitrogens with one attached hydrogen (secondary N) is 1. The molecule has 2 heterocycles. The molecule has 2 aromatic carbocycles. The molecule has 28 heavy (non-hydrogen) atoms. The largest absolute Gasteiger partial charge is 0.346 e. The molecule has 0 bridgehead atoms. The molecule has 0 aliphatic rings. The van der Waals surface area contributed by atoms with Crippen LogP contribution >= 0.6 is 0 Å². The van der Waals surface area contributed by atoms with Gasteiger partial charge in [0, 0.05) is 17.1 Å². The fourth-order valence-electron chi connectivity index (χ4n) is 3.04. The molecule has 6 nitrogen and oxygen atoms in total. The lowest BCUT2D eigenvalue weighted by Crippen LogP contribution is -2.29. The second-order valence-corrected chi connectivity index (χ2v) is 6.32. The number of nitrogens with zero attached hydrogens (tertiary/aromatic N) is 3. The van der Waals surface area contributed by atoms with Crippen molar-refractivity contribution in [2.75, 3.05) is 0 Å². The number of amides is 1. The lowest BCUT2D eigenvalue weighted by molar-refractivity contribution is 0.0950. The zero-order valence-corrected chi connectivity index (χ0v) is 15.1. The topological polar surface area (TPSA) is 76.9 Å². The van der Waals surface area contributed by atoms with Crippen molar-refractivity contribution in [2.24, 2.45) is 0 Å². The molecule has 1 amide bonds. The van der Waals surface area contributed by atoms with Crippen molar-refractivity contribution in [3.8, 4) is 0 Å². The van der Waals surface area contributed by atoms with E-state index in [0.29, 0.717) is 16.6 Å². The molecule has 0 fully saturated rings. The number of carbonyl (C=O) groups excluding carboxylic acids is 1. The van der Waals surface area contributed by atoms with E-state index in [2.05, 4.69) is 15.4 Å². The molecule has 4 rings (SSSR count). The zero-order valence-electron chi connectivity index (χ0n) is 15.1.